The number of hydrogen-bond donors (Lipinski definition) is 1. The maximum absolute atomic E-state index is 13.2. The van der Waals surface area contributed by atoms with Crippen molar-refractivity contribution in [1.29, 1.82) is 0 Å². The Balaban J connectivity index is 1.90. The lowest BCUT2D eigenvalue weighted by Crippen LogP contribution is -2.29. The fourth-order valence-electron chi connectivity index (χ4n) is 2.30. The van der Waals surface area contributed by atoms with E-state index >= 15 is 0 Å². The lowest BCUT2D eigenvalue weighted by Gasteiger charge is -2.18. The second-order valence-corrected chi connectivity index (χ2v) is 6.12. The summed E-state index contributed by atoms with van der Waals surface area (Å²) in [5.74, 6) is -0.554. The molecule has 2 aromatic heterocycles. The zero-order valence-corrected chi connectivity index (χ0v) is 13.3. The van der Waals surface area contributed by atoms with E-state index < -0.39 is 0 Å². The molecule has 1 atom stereocenters. The number of rotatable bonds is 4. The maximum Gasteiger partial charge on any atom is 0.270 e. The van der Waals surface area contributed by atoms with Gasteiger partial charge < -0.3 is 5.32 Å². The molecule has 3 nitrogen and oxygen atoms in total. The third-order valence-electron chi connectivity index (χ3n) is 3.43. The van der Waals surface area contributed by atoms with Crippen molar-refractivity contribution in [2.45, 2.75) is 13.0 Å². The fraction of sp³-hybridized carbons (Fsp3) is 0.111. The number of halogens is 1. The van der Waals surface area contributed by atoms with Gasteiger partial charge in [-0.3, -0.25) is 4.79 Å². The summed E-state index contributed by atoms with van der Waals surface area (Å²) in [6, 6.07) is 15.0. The van der Waals surface area contributed by atoms with Crippen molar-refractivity contribution in [3.63, 3.8) is 0 Å². The van der Waals surface area contributed by atoms with Crippen LogP contribution in [0.25, 0.3) is 0 Å². The number of thiophene rings is 1. The van der Waals surface area contributed by atoms with Crippen molar-refractivity contribution >= 4 is 17.2 Å². The quantitative estimate of drug-likeness (QED) is 0.784. The first-order valence-electron chi connectivity index (χ1n) is 7.17. The van der Waals surface area contributed by atoms with E-state index in [0.717, 1.165) is 16.1 Å². The van der Waals surface area contributed by atoms with E-state index in [2.05, 4.69) is 10.3 Å². The average molecular weight is 326 g/mol. The molecule has 0 bridgehead atoms. The van der Waals surface area contributed by atoms with Gasteiger partial charge in [-0.05, 0) is 48.2 Å². The second-order valence-electron chi connectivity index (χ2n) is 5.14. The molecule has 0 radical (unpaired) electrons. The number of amides is 1. The number of benzene rings is 1. The first-order valence-corrected chi connectivity index (χ1v) is 8.05. The van der Waals surface area contributed by atoms with Crippen LogP contribution in [0, 0.1) is 12.7 Å². The van der Waals surface area contributed by atoms with Crippen molar-refractivity contribution in [1.82, 2.24) is 10.3 Å². The molecule has 0 saturated carbocycles. The molecule has 5 heteroatoms. The SMILES string of the molecule is Cc1cccc(C(=O)NC(c2ccc(F)cc2)c2cccs2)n1. The molecule has 3 rings (SSSR count). The van der Waals surface area contributed by atoms with Crippen LogP contribution in [0.5, 0.6) is 0 Å². The van der Waals surface area contributed by atoms with Gasteiger partial charge in [-0.25, -0.2) is 9.37 Å². The van der Waals surface area contributed by atoms with Crippen LogP contribution in [0.3, 0.4) is 0 Å². The lowest BCUT2D eigenvalue weighted by atomic mass is 10.0. The molecule has 1 N–H and O–H groups in total. The van der Waals surface area contributed by atoms with Gasteiger partial charge in [-0.2, -0.15) is 0 Å². The predicted molar refractivity (Wildman–Crippen MR) is 89.0 cm³/mol. The van der Waals surface area contributed by atoms with E-state index in [1.54, 1.807) is 35.6 Å². The number of nitrogens with zero attached hydrogens (tertiary/aromatic N) is 1. The van der Waals surface area contributed by atoms with Gasteiger partial charge in [0.05, 0.1) is 6.04 Å². The van der Waals surface area contributed by atoms with Crippen LogP contribution >= 0.6 is 11.3 Å². The first kappa shape index (κ1) is 15.4. The molecule has 23 heavy (non-hydrogen) atoms. The smallest absolute Gasteiger partial charge is 0.270 e. The summed E-state index contributed by atoms with van der Waals surface area (Å²) in [7, 11) is 0. The summed E-state index contributed by atoms with van der Waals surface area (Å²) in [5.41, 5.74) is 1.98. The van der Waals surface area contributed by atoms with Crippen LogP contribution in [0.1, 0.15) is 32.7 Å². The number of hydrogen-bond acceptors (Lipinski definition) is 3. The molecule has 0 fully saturated rings. The highest BCUT2D eigenvalue weighted by atomic mass is 32.1. The van der Waals surface area contributed by atoms with Gasteiger partial charge in [-0.1, -0.05) is 24.3 Å². The number of pyridine rings is 1. The normalized spacial score (nSPS) is 11.9. The Kier molecular flexibility index (Phi) is 4.48. The second kappa shape index (κ2) is 6.71. The van der Waals surface area contributed by atoms with Crippen LogP contribution in [-0.2, 0) is 0 Å². The molecule has 2 heterocycles. The van der Waals surface area contributed by atoms with E-state index in [9.17, 15) is 9.18 Å². The van der Waals surface area contributed by atoms with Crippen molar-refractivity contribution in [3.8, 4) is 0 Å². The van der Waals surface area contributed by atoms with Crippen LogP contribution < -0.4 is 5.32 Å². The molecule has 0 saturated heterocycles. The number of carbonyl (C=O) groups is 1. The predicted octanol–water partition coefficient (Wildman–Crippen LogP) is 4.11. The minimum atomic E-state index is -0.328. The van der Waals surface area contributed by atoms with Gasteiger partial charge in [0, 0.05) is 10.6 Å². The van der Waals surface area contributed by atoms with Crippen molar-refractivity contribution < 1.29 is 9.18 Å². The number of aryl methyl sites for hydroxylation is 1. The molecule has 116 valence electrons. The van der Waals surface area contributed by atoms with Crippen molar-refractivity contribution in [2.24, 2.45) is 0 Å². The van der Waals surface area contributed by atoms with E-state index in [-0.39, 0.29) is 17.8 Å². The molecule has 0 aliphatic heterocycles. The summed E-state index contributed by atoms with van der Waals surface area (Å²) < 4.78 is 13.2. The minimum Gasteiger partial charge on any atom is -0.339 e. The zero-order valence-electron chi connectivity index (χ0n) is 12.5. The Morgan fingerprint density at radius 1 is 1.13 bits per heavy atom. The number of aromatic nitrogens is 1. The summed E-state index contributed by atoms with van der Waals surface area (Å²) in [5, 5.41) is 4.93. The van der Waals surface area contributed by atoms with Crippen LogP contribution in [0.2, 0.25) is 0 Å². The Morgan fingerprint density at radius 2 is 1.91 bits per heavy atom. The molecule has 1 aromatic carbocycles. The van der Waals surface area contributed by atoms with Gasteiger partial charge in [0.15, 0.2) is 0 Å². The minimum absolute atomic E-state index is 0.253. The molecule has 1 unspecified atom stereocenters. The molecule has 3 aromatic rings. The van der Waals surface area contributed by atoms with Gasteiger partial charge in [-0.15, -0.1) is 11.3 Å². The molecule has 0 aliphatic rings. The fourth-order valence-corrected chi connectivity index (χ4v) is 3.11. The average Bonchev–Trinajstić information content (AvgIpc) is 3.07. The van der Waals surface area contributed by atoms with E-state index in [4.69, 9.17) is 0 Å². The van der Waals surface area contributed by atoms with E-state index in [1.807, 2.05) is 30.5 Å². The summed E-state index contributed by atoms with van der Waals surface area (Å²) >= 11 is 1.54. The third kappa shape index (κ3) is 3.63. The zero-order chi connectivity index (χ0) is 16.2. The largest absolute Gasteiger partial charge is 0.339 e. The summed E-state index contributed by atoms with van der Waals surface area (Å²) in [6.07, 6.45) is 0. The molecule has 0 aliphatic carbocycles. The Labute approximate surface area is 137 Å². The molecule has 1 amide bonds. The van der Waals surface area contributed by atoms with E-state index in [1.165, 1.54) is 12.1 Å². The molecular formula is C18H15FN2OS. The van der Waals surface area contributed by atoms with Gasteiger partial charge in [0.25, 0.3) is 5.91 Å². The van der Waals surface area contributed by atoms with Crippen molar-refractivity contribution in [2.75, 3.05) is 0 Å². The standard InChI is InChI=1S/C18H15FN2OS/c1-12-4-2-5-15(20-12)18(22)21-17(16-6-3-11-23-16)13-7-9-14(19)10-8-13/h2-11,17H,1H3,(H,21,22). The highest BCUT2D eigenvalue weighted by Gasteiger charge is 2.19. The van der Waals surface area contributed by atoms with Gasteiger partial charge in [0.1, 0.15) is 11.5 Å². The number of carbonyl (C=O) groups excluding carboxylic acids is 1. The van der Waals surface area contributed by atoms with Crippen LogP contribution in [0.15, 0.2) is 60.0 Å². The Hall–Kier alpha value is -2.53. The topological polar surface area (TPSA) is 42.0 Å². The summed E-state index contributed by atoms with van der Waals surface area (Å²) in [4.78, 5) is 17.7. The van der Waals surface area contributed by atoms with Crippen molar-refractivity contribution in [3.05, 3.63) is 87.6 Å². The monoisotopic (exact) mass is 326 g/mol. The molecule has 0 spiro atoms. The Bertz CT molecular complexity index is 800. The highest BCUT2D eigenvalue weighted by Crippen LogP contribution is 2.26. The molecular weight excluding hydrogens is 311 g/mol. The van der Waals surface area contributed by atoms with Crippen LogP contribution in [0.4, 0.5) is 4.39 Å². The van der Waals surface area contributed by atoms with Crippen LogP contribution in [-0.4, -0.2) is 10.9 Å². The maximum atomic E-state index is 13.2. The lowest BCUT2D eigenvalue weighted by molar-refractivity contribution is 0.0938. The first-order chi connectivity index (χ1) is 11.1. The number of nitrogens with one attached hydrogen (secondary N) is 1. The van der Waals surface area contributed by atoms with E-state index in [0.29, 0.717) is 5.69 Å². The third-order valence-corrected chi connectivity index (χ3v) is 4.36. The summed E-state index contributed by atoms with van der Waals surface area (Å²) in [6.45, 7) is 1.84. The van der Waals surface area contributed by atoms with Gasteiger partial charge >= 0.3 is 0 Å². The Morgan fingerprint density at radius 3 is 2.57 bits per heavy atom. The van der Waals surface area contributed by atoms with Gasteiger partial charge in [0.2, 0.25) is 0 Å². The highest BCUT2D eigenvalue weighted by molar-refractivity contribution is 7.10.